The number of esters is 2. The van der Waals surface area contributed by atoms with Gasteiger partial charge in [0.05, 0.1) is 23.9 Å². The number of cyclic esters (lactones) is 1. The number of carbonyl (C=O) groups excluding carboxylic acids is 2. The minimum absolute atomic E-state index is 0.0162. The first-order valence-electron chi connectivity index (χ1n) is 8.63. The molecule has 0 aromatic carbocycles. The van der Waals surface area contributed by atoms with Gasteiger partial charge in [-0.1, -0.05) is 19.9 Å². The molecular weight excluding hydrogens is 324 g/mol. The molecular formula is C19H22O6. The van der Waals surface area contributed by atoms with Gasteiger partial charge in [-0.2, -0.15) is 0 Å². The summed E-state index contributed by atoms with van der Waals surface area (Å²) in [4.78, 5) is 23.7. The third kappa shape index (κ3) is 2.51. The van der Waals surface area contributed by atoms with E-state index in [1.54, 1.807) is 13.0 Å². The minimum atomic E-state index is -0.815. The molecule has 0 aromatic heterocycles. The van der Waals surface area contributed by atoms with Gasteiger partial charge in [-0.25, -0.2) is 9.59 Å². The van der Waals surface area contributed by atoms with Crippen molar-refractivity contribution in [2.45, 2.75) is 52.1 Å². The van der Waals surface area contributed by atoms with Crippen LogP contribution >= 0.6 is 0 Å². The van der Waals surface area contributed by atoms with Gasteiger partial charge in [-0.3, -0.25) is 0 Å². The van der Waals surface area contributed by atoms with Crippen molar-refractivity contribution in [3.05, 3.63) is 35.1 Å². The van der Waals surface area contributed by atoms with Crippen LogP contribution in [0.3, 0.4) is 0 Å². The fourth-order valence-electron chi connectivity index (χ4n) is 4.42. The number of fused-ring (bicyclic) bond motifs is 3. The second-order valence-electron chi connectivity index (χ2n) is 7.92. The van der Waals surface area contributed by atoms with Gasteiger partial charge in [0.25, 0.3) is 6.29 Å². The van der Waals surface area contributed by atoms with Crippen LogP contribution in [0.4, 0.5) is 0 Å². The van der Waals surface area contributed by atoms with Crippen molar-refractivity contribution < 1.29 is 28.9 Å². The van der Waals surface area contributed by atoms with E-state index in [0.717, 1.165) is 18.4 Å². The summed E-state index contributed by atoms with van der Waals surface area (Å²) in [5.41, 5.74) is 1.81. The highest BCUT2D eigenvalue weighted by Gasteiger charge is 2.56. The van der Waals surface area contributed by atoms with Crippen molar-refractivity contribution in [2.24, 2.45) is 17.3 Å². The minimum Gasteiger partial charge on any atom is -0.458 e. The molecule has 0 amide bonds. The Labute approximate surface area is 146 Å². The van der Waals surface area contributed by atoms with Crippen LogP contribution in [-0.4, -0.2) is 35.5 Å². The van der Waals surface area contributed by atoms with E-state index in [4.69, 9.17) is 14.2 Å². The number of hydrogen-bond acceptors (Lipinski definition) is 6. The maximum Gasteiger partial charge on any atom is 0.338 e. The number of hydrogen-bond donors (Lipinski definition) is 1. The highest BCUT2D eigenvalue weighted by molar-refractivity contribution is 5.92. The molecule has 134 valence electrons. The third-order valence-electron chi connectivity index (χ3n) is 5.80. The predicted octanol–water partition coefficient (Wildman–Crippen LogP) is 1.99. The summed E-state index contributed by atoms with van der Waals surface area (Å²) in [6, 6.07) is 0. The third-order valence-corrected chi connectivity index (χ3v) is 5.80. The SMILES string of the molecule is CC1=C[C@H](O/C=C2/C(=O)O[C@@H]3[C@H]2C=C2[C@H](O)CCC(C)(C)[C@@H]23)OC1=O. The summed E-state index contributed by atoms with van der Waals surface area (Å²) in [6.45, 7) is 5.95. The van der Waals surface area contributed by atoms with E-state index in [-0.39, 0.29) is 23.4 Å². The first-order chi connectivity index (χ1) is 11.8. The summed E-state index contributed by atoms with van der Waals surface area (Å²) < 4.78 is 16.1. The van der Waals surface area contributed by atoms with E-state index >= 15 is 0 Å². The Kier molecular flexibility index (Phi) is 3.58. The molecule has 6 nitrogen and oxygen atoms in total. The van der Waals surface area contributed by atoms with E-state index in [1.807, 2.05) is 6.08 Å². The van der Waals surface area contributed by atoms with Crippen LogP contribution in [0, 0.1) is 17.3 Å². The Morgan fingerprint density at radius 3 is 2.68 bits per heavy atom. The standard InChI is InChI=1S/C19H22O6/c1-9-6-14(24-17(9)21)23-8-12-10-7-11-13(20)4-5-19(2,3)15(11)16(10)25-18(12)22/h6-8,10,13-16,20H,4-5H2,1-3H3/b12-8+/t10-,13+,14+,15-,16+/m0/s1. The van der Waals surface area contributed by atoms with Crippen molar-refractivity contribution in [3.63, 3.8) is 0 Å². The molecule has 1 saturated heterocycles. The lowest BCUT2D eigenvalue weighted by Gasteiger charge is -2.42. The molecule has 0 unspecified atom stereocenters. The van der Waals surface area contributed by atoms with Crippen LogP contribution < -0.4 is 0 Å². The van der Waals surface area contributed by atoms with E-state index in [2.05, 4.69) is 13.8 Å². The average molecular weight is 346 g/mol. The maximum absolute atomic E-state index is 12.3. The highest BCUT2D eigenvalue weighted by Crippen LogP contribution is 2.55. The number of rotatable bonds is 2. The van der Waals surface area contributed by atoms with Crippen LogP contribution in [-0.2, 0) is 23.8 Å². The van der Waals surface area contributed by atoms with Gasteiger partial charge in [0.1, 0.15) is 6.10 Å². The largest absolute Gasteiger partial charge is 0.458 e. The van der Waals surface area contributed by atoms with Crippen LogP contribution in [0.1, 0.15) is 33.6 Å². The average Bonchev–Trinajstić information content (AvgIpc) is 3.15. The van der Waals surface area contributed by atoms with E-state index in [9.17, 15) is 14.7 Å². The van der Waals surface area contributed by atoms with Crippen LogP contribution in [0.15, 0.2) is 35.1 Å². The first-order valence-corrected chi connectivity index (χ1v) is 8.63. The van der Waals surface area contributed by atoms with Crippen molar-refractivity contribution in [2.75, 3.05) is 0 Å². The Morgan fingerprint density at radius 1 is 1.24 bits per heavy atom. The molecule has 1 saturated carbocycles. The fraction of sp³-hybridized carbons (Fsp3) is 0.579. The van der Waals surface area contributed by atoms with E-state index < -0.39 is 24.3 Å². The van der Waals surface area contributed by atoms with Crippen LogP contribution in [0.2, 0.25) is 0 Å². The second-order valence-corrected chi connectivity index (χ2v) is 7.92. The summed E-state index contributed by atoms with van der Waals surface area (Å²) in [6.07, 6.45) is 4.88. The lowest BCUT2D eigenvalue weighted by atomic mass is 9.65. The van der Waals surface area contributed by atoms with Gasteiger partial charge in [0.2, 0.25) is 0 Å². The van der Waals surface area contributed by atoms with Gasteiger partial charge in [0, 0.05) is 17.6 Å². The van der Waals surface area contributed by atoms with Crippen LogP contribution in [0.5, 0.6) is 0 Å². The van der Waals surface area contributed by atoms with Crippen molar-refractivity contribution in [1.82, 2.24) is 0 Å². The van der Waals surface area contributed by atoms with Gasteiger partial charge >= 0.3 is 11.9 Å². The maximum atomic E-state index is 12.3. The molecule has 2 aliphatic carbocycles. The molecule has 6 heteroatoms. The molecule has 2 aliphatic heterocycles. The lowest BCUT2D eigenvalue weighted by Crippen LogP contribution is -2.41. The molecule has 0 radical (unpaired) electrons. The number of aliphatic hydroxyl groups is 1. The van der Waals surface area contributed by atoms with Crippen molar-refractivity contribution >= 4 is 11.9 Å². The Balaban J connectivity index is 1.59. The highest BCUT2D eigenvalue weighted by atomic mass is 16.7. The van der Waals surface area contributed by atoms with Gasteiger partial charge in [0.15, 0.2) is 0 Å². The van der Waals surface area contributed by atoms with Gasteiger partial charge < -0.3 is 19.3 Å². The summed E-state index contributed by atoms with van der Waals surface area (Å²) in [5, 5.41) is 10.4. The zero-order valence-electron chi connectivity index (χ0n) is 14.5. The second kappa shape index (κ2) is 5.46. The Hall–Kier alpha value is -2.08. The zero-order valence-corrected chi connectivity index (χ0v) is 14.5. The number of ether oxygens (including phenoxy) is 3. The zero-order chi connectivity index (χ0) is 17.9. The summed E-state index contributed by atoms with van der Waals surface area (Å²) in [7, 11) is 0. The van der Waals surface area contributed by atoms with E-state index in [0.29, 0.717) is 11.1 Å². The molecule has 1 N–H and O–H groups in total. The van der Waals surface area contributed by atoms with Crippen LogP contribution in [0.25, 0.3) is 0 Å². The van der Waals surface area contributed by atoms with Gasteiger partial charge in [-0.05, 0) is 30.8 Å². The lowest BCUT2D eigenvalue weighted by molar-refractivity contribution is -0.152. The molecule has 5 atom stereocenters. The molecule has 2 heterocycles. The molecule has 2 fully saturated rings. The molecule has 4 aliphatic rings. The normalized spacial score (nSPS) is 40.2. The van der Waals surface area contributed by atoms with Gasteiger partial charge in [-0.15, -0.1) is 0 Å². The summed E-state index contributed by atoms with van der Waals surface area (Å²) in [5.74, 6) is -1.05. The van der Waals surface area contributed by atoms with Crippen molar-refractivity contribution in [3.8, 4) is 0 Å². The molecule has 0 bridgehead atoms. The van der Waals surface area contributed by atoms with Crippen molar-refractivity contribution in [1.29, 1.82) is 0 Å². The monoisotopic (exact) mass is 346 g/mol. The molecule has 25 heavy (non-hydrogen) atoms. The smallest absolute Gasteiger partial charge is 0.338 e. The Morgan fingerprint density at radius 2 is 2.00 bits per heavy atom. The summed E-state index contributed by atoms with van der Waals surface area (Å²) >= 11 is 0. The Bertz CT molecular complexity index is 728. The number of aliphatic hydroxyl groups excluding tert-OH is 1. The fourth-order valence-corrected chi connectivity index (χ4v) is 4.42. The predicted molar refractivity (Wildman–Crippen MR) is 86.8 cm³/mol. The number of carbonyl (C=O) groups is 2. The quantitative estimate of drug-likeness (QED) is 0.356. The van der Waals surface area contributed by atoms with E-state index in [1.165, 1.54) is 6.26 Å². The molecule has 0 spiro atoms. The first kappa shape index (κ1) is 16.4. The topological polar surface area (TPSA) is 82.1 Å². The molecule has 4 rings (SSSR count). The molecule has 0 aromatic rings.